The van der Waals surface area contributed by atoms with E-state index in [1.807, 2.05) is 0 Å². The van der Waals surface area contributed by atoms with Crippen molar-refractivity contribution in [1.29, 1.82) is 0 Å². The van der Waals surface area contributed by atoms with E-state index in [4.69, 9.17) is 9.47 Å². The number of rotatable bonds is 5. The fraction of sp³-hybridized carbons (Fsp3) is 0.579. The molecular weight excluding hydrogens is 336 g/mol. The number of carbonyl (C=O) groups excluding carboxylic acids is 2. The van der Waals surface area contributed by atoms with Crippen molar-refractivity contribution in [2.75, 3.05) is 39.4 Å². The second-order valence-electron chi connectivity index (χ2n) is 6.77. The second-order valence-corrected chi connectivity index (χ2v) is 6.77. The Kier molecular flexibility index (Phi) is 6.11. The van der Waals surface area contributed by atoms with Gasteiger partial charge in [-0.25, -0.2) is 0 Å². The molecule has 0 radical (unpaired) electrons. The highest BCUT2D eigenvalue weighted by Crippen LogP contribution is 2.15. The first kappa shape index (κ1) is 18.7. The van der Waals surface area contributed by atoms with Crippen LogP contribution in [0.5, 0.6) is 5.75 Å². The van der Waals surface area contributed by atoms with Crippen molar-refractivity contribution in [2.45, 2.75) is 32.0 Å². The Labute approximate surface area is 153 Å². The van der Waals surface area contributed by atoms with Crippen LogP contribution in [0, 0.1) is 0 Å². The third-order valence-electron chi connectivity index (χ3n) is 4.90. The van der Waals surface area contributed by atoms with Gasteiger partial charge in [0, 0.05) is 38.3 Å². The van der Waals surface area contributed by atoms with Crippen molar-refractivity contribution >= 4 is 11.8 Å². The van der Waals surface area contributed by atoms with Gasteiger partial charge in [0.15, 0.2) is 0 Å². The summed E-state index contributed by atoms with van der Waals surface area (Å²) in [5.41, 5.74) is 0.538. The summed E-state index contributed by atoms with van der Waals surface area (Å²) < 4.78 is 11.2. The maximum Gasteiger partial charge on any atom is 0.253 e. The van der Waals surface area contributed by atoms with Crippen LogP contribution in [-0.2, 0) is 14.3 Å². The second kappa shape index (κ2) is 8.51. The Morgan fingerprint density at radius 3 is 2.46 bits per heavy atom. The van der Waals surface area contributed by atoms with Crippen molar-refractivity contribution < 1.29 is 24.2 Å². The van der Waals surface area contributed by atoms with Crippen LogP contribution < -0.4 is 0 Å². The van der Waals surface area contributed by atoms with Crippen LogP contribution in [0.15, 0.2) is 24.3 Å². The number of amides is 2. The normalized spacial score (nSPS) is 21.7. The molecule has 1 N–H and O–H groups in total. The van der Waals surface area contributed by atoms with E-state index in [-0.39, 0.29) is 23.7 Å². The molecule has 2 heterocycles. The van der Waals surface area contributed by atoms with Crippen molar-refractivity contribution in [3.05, 3.63) is 29.8 Å². The monoisotopic (exact) mass is 362 g/mol. The van der Waals surface area contributed by atoms with E-state index in [1.165, 1.54) is 12.1 Å². The van der Waals surface area contributed by atoms with Gasteiger partial charge >= 0.3 is 0 Å². The number of hydrogen-bond acceptors (Lipinski definition) is 5. The molecule has 7 heteroatoms. The molecule has 2 atom stereocenters. The molecule has 142 valence electrons. The van der Waals surface area contributed by atoms with E-state index in [0.29, 0.717) is 38.3 Å². The predicted molar refractivity (Wildman–Crippen MR) is 95.0 cm³/mol. The lowest BCUT2D eigenvalue weighted by molar-refractivity contribution is -0.146. The average Bonchev–Trinajstić information content (AvgIpc) is 3.19. The van der Waals surface area contributed by atoms with Gasteiger partial charge in [0.1, 0.15) is 11.9 Å². The lowest BCUT2D eigenvalue weighted by atomic mass is 10.1. The van der Waals surface area contributed by atoms with Gasteiger partial charge < -0.3 is 24.4 Å². The van der Waals surface area contributed by atoms with E-state index in [9.17, 15) is 14.7 Å². The molecule has 0 aliphatic carbocycles. The average molecular weight is 362 g/mol. The van der Waals surface area contributed by atoms with E-state index in [2.05, 4.69) is 0 Å². The predicted octanol–water partition coefficient (Wildman–Crippen LogP) is 1.26. The van der Waals surface area contributed by atoms with Gasteiger partial charge in [-0.15, -0.1) is 0 Å². The van der Waals surface area contributed by atoms with Crippen LogP contribution in [-0.4, -0.2) is 78.3 Å². The fourth-order valence-corrected chi connectivity index (χ4v) is 3.27. The molecule has 1 aromatic carbocycles. The topological polar surface area (TPSA) is 79.3 Å². The fourth-order valence-electron chi connectivity index (χ4n) is 3.27. The highest BCUT2D eigenvalue weighted by atomic mass is 16.5. The van der Waals surface area contributed by atoms with E-state index >= 15 is 0 Å². The van der Waals surface area contributed by atoms with E-state index in [0.717, 1.165) is 19.4 Å². The Morgan fingerprint density at radius 1 is 1.19 bits per heavy atom. The van der Waals surface area contributed by atoms with E-state index < -0.39 is 6.10 Å². The zero-order chi connectivity index (χ0) is 18.5. The Bertz CT molecular complexity index is 619. The number of phenolic OH excluding ortho intramolecular Hbond substituents is 1. The maximum atomic E-state index is 12.5. The van der Waals surface area contributed by atoms with Gasteiger partial charge in [-0.2, -0.15) is 0 Å². The first-order chi connectivity index (χ1) is 12.5. The minimum atomic E-state index is -0.501. The SMILES string of the molecule is CC(OCC1CCCO1)C(=O)N1CCN(C(=O)c2ccc(O)cc2)CC1. The molecule has 2 saturated heterocycles. The summed E-state index contributed by atoms with van der Waals surface area (Å²) in [7, 11) is 0. The molecular formula is C19H26N2O5. The number of phenols is 1. The molecule has 0 spiro atoms. The summed E-state index contributed by atoms with van der Waals surface area (Å²) in [6, 6.07) is 6.21. The molecule has 0 saturated carbocycles. The number of nitrogens with zero attached hydrogens (tertiary/aromatic N) is 2. The van der Waals surface area contributed by atoms with Crippen molar-refractivity contribution in [2.24, 2.45) is 0 Å². The molecule has 2 amide bonds. The Hall–Kier alpha value is -2.12. The number of piperazine rings is 1. The first-order valence-electron chi connectivity index (χ1n) is 9.15. The quantitative estimate of drug-likeness (QED) is 0.853. The molecule has 2 fully saturated rings. The summed E-state index contributed by atoms with van der Waals surface area (Å²) in [5.74, 6) is 0.00784. The number of ether oxygens (including phenoxy) is 2. The van der Waals surface area contributed by atoms with Gasteiger partial charge in [-0.1, -0.05) is 0 Å². The summed E-state index contributed by atoms with van der Waals surface area (Å²) >= 11 is 0. The molecule has 0 aromatic heterocycles. The zero-order valence-corrected chi connectivity index (χ0v) is 15.1. The molecule has 26 heavy (non-hydrogen) atoms. The third-order valence-corrected chi connectivity index (χ3v) is 4.90. The molecule has 7 nitrogen and oxygen atoms in total. The van der Waals surface area contributed by atoms with Crippen LogP contribution in [0.4, 0.5) is 0 Å². The maximum absolute atomic E-state index is 12.5. The number of aromatic hydroxyl groups is 1. The Balaban J connectivity index is 1.45. The standard InChI is InChI=1S/C19H26N2O5/c1-14(26-13-17-3-2-12-25-17)18(23)20-8-10-21(11-9-20)19(24)15-4-6-16(22)7-5-15/h4-7,14,17,22H,2-3,8-13H2,1H3. The summed E-state index contributed by atoms with van der Waals surface area (Å²) in [6.07, 6.45) is 1.63. The zero-order valence-electron chi connectivity index (χ0n) is 15.1. The largest absolute Gasteiger partial charge is 0.508 e. The summed E-state index contributed by atoms with van der Waals surface area (Å²) in [4.78, 5) is 28.5. The van der Waals surface area contributed by atoms with E-state index in [1.54, 1.807) is 28.9 Å². The van der Waals surface area contributed by atoms with Crippen molar-refractivity contribution in [3.63, 3.8) is 0 Å². The minimum absolute atomic E-state index is 0.0419. The van der Waals surface area contributed by atoms with Gasteiger partial charge in [0.05, 0.1) is 12.7 Å². The molecule has 2 aliphatic rings. The first-order valence-corrected chi connectivity index (χ1v) is 9.15. The lowest BCUT2D eigenvalue weighted by Crippen LogP contribution is -2.53. The van der Waals surface area contributed by atoms with Gasteiger partial charge in [0.2, 0.25) is 0 Å². The highest BCUT2D eigenvalue weighted by molar-refractivity contribution is 5.94. The lowest BCUT2D eigenvalue weighted by Gasteiger charge is -2.36. The third kappa shape index (κ3) is 4.53. The molecule has 3 rings (SSSR count). The van der Waals surface area contributed by atoms with Crippen molar-refractivity contribution in [3.8, 4) is 5.75 Å². The van der Waals surface area contributed by atoms with Gasteiger partial charge in [-0.05, 0) is 44.0 Å². The van der Waals surface area contributed by atoms with Gasteiger partial charge in [-0.3, -0.25) is 9.59 Å². The Morgan fingerprint density at radius 2 is 1.85 bits per heavy atom. The molecule has 2 unspecified atom stereocenters. The number of hydrogen-bond donors (Lipinski definition) is 1. The summed E-state index contributed by atoms with van der Waals surface area (Å²) in [6.45, 7) is 4.96. The van der Waals surface area contributed by atoms with Crippen LogP contribution in [0.1, 0.15) is 30.1 Å². The number of benzene rings is 1. The highest BCUT2D eigenvalue weighted by Gasteiger charge is 2.28. The molecule has 2 aliphatic heterocycles. The summed E-state index contributed by atoms with van der Waals surface area (Å²) in [5, 5.41) is 9.32. The van der Waals surface area contributed by atoms with Crippen LogP contribution >= 0.6 is 0 Å². The minimum Gasteiger partial charge on any atom is -0.508 e. The van der Waals surface area contributed by atoms with Crippen LogP contribution in [0.25, 0.3) is 0 Å². The number of carbonyl (C=O) groups is 2. The van der Waals surface area contributed by atoms with Crippen molar-refractivity contribution in [1.82, 2.24) is 9.80 Å². The molecule has 1 aromatic rings. The van der Waals surface area contributed by atoms with Crippen LogP contribution in [0.3, 0.4) is 0 Å². The molecule has 0 bridgehead atoms. The van der Waals surface area contributed by atoms with Crippen LogP contribution in [0.2, 0.25) is 0 Å². The van der Waals surface area contributed by atoms with Gasteiger partial charge in [0.25, 0.3) is 11.8 Å². The smallest absolute Gasteiger partial charge is 0.253 e.